The fourth-order valence-electron chi connectivity index (χ4n) is 2.82. The number of hydrogen-bond acceptors (Lipinski definition) is 10. The quantitative estimate of drug-likeness (QED) is 0.281. The van der Waals surface area contributed by atoms with Crippen LogP contribution in [0.4, 0.5) is 5.13 Å². The zero-order chi connectivity index (χ0) is 21.8. The van der Waals surface area contributed by atoms with Gasteiger partial charge in [0.1, 0.15) is 5.69 Å². The van der Waals surface area contributed by atoms with E-state index in [2.05, 4.69) is 25.5 Å². The molecule has 160 valence electrons. The van der Waals surface area contributed by atoms with Crippen molar-refractivity contribution in [3.05, 3.63) is 59.7 Å². The molecule has 32 heavy (non-hydrogen) atoms. The van der Waals surface area contributed by atoms with Crippen LogP contribution in [0, 0.1) is 0 Å². The zero-order valence-electron chi connectivity index (χ0n) is 16.4. The average Bonchev–Trinajstić information content (AvgIpc) is 3.61. The molecule has 0 bridgehead atoms. The van der Waals surface area contributed by atoms with Gasteiger partial charge < -0.3 is 14.2 Å². The Morgan fingerprint density at radius 1 is 0.969 bits per heavy atom. The van der Waals surface area contributed by atoms with E-state index in [1.807, 2.05) is 22.9 Å². The van der Waals surface area contributed by atoms with E-state index in [1.165, 1.54) is 23.1 Å². The third kappa shape index (κ3) is 4.64. The monoisotopic (exact) mass is 481 g/mol. The lowest BCUT2D eigenvalue weighted by atomic mass is 10.2. The lowest BCUT2D eigenvalue weighted by Gasteiger charge is -2.05. The zero-order valence-corrected chi connectivity index (χ0v) is 18.9. The number of thioether (sulfide) groups is 1. The van der Waals surface area contributed by atoms with Gasteiger partial charge in [0.25, 0.3) is 0 Å². The predicted molar refractivity (Wildman–Crippen MR) is 125 cm³/mol. The number of thiophene rings is 1. The average molecular weight is 482 g/mol. The standard InChI is InChI=1S/C21H15N5O3S3/c27-17(23-20-22-13(12-32-20)16-6-3-10-30-16)7-11-31-21-24-18(14-4-1-8-28-14)19(25-26-21)15-5-2-9-29-15/h1-6,8-10,12H,7,11H2,(H,22,23,27). The van der Waals surface area contributed by atoms with Crippen LogP contribution in [0.2, 0.25) is 0 Å². The Hall–Kier alpha value is -3.28. The van der Waals surface area contributed by atoms with Crippen molar-refractivity contribution in [1.82, 2.24) is 20.2 Å². The van der Waals surface area contributed by atoms with Gasteiger partial charge in [-0.3, -0.25) is 4.79 Å². The maximum atomic E-state index is 12.3. The van der Waals surface area contributed by atoms with Crippen LogP contribution < -0.4 is 5.32 Å². The van der Waals surface area contributed by atoms with Gasteiger partial charge in [-0.05, 0) is 35.7 Å². The Morgan fingerprint density at radius 3 is 2.50 bits per heavy atom. The van der Waals surface area contributed by atoms with Crippen molar-refractivity contribution in [1.29, 1.82) is 0 Å². The maximum absolute atomic E-state index is 12.3. The van der Waals surface area contributed by atoms with Crippen molar-refractivity contribution >= 4 is 45.5 Å². The number of rotatable bonds is 8. The first-order valence-electron chi connectivity index (χ1n) is 9.51. The lowest BCUT2D eigenvalue weighted by Crippen LogP contribution is -2.12. The summed E-state index contributed by atoms with van der Waals surface area (Å²) in [7, 11) is 0. The minimum Gasteiger partial charge on any atom is -0.463 e. The smallest absolute Gasteiger partial charge is 0.226 e. The van der Waals surface area contributed by atoms with Gasteiger partial charge in [-0.1, -0.05) is 17.8 Å². The first-order chi connectivity index (χ1) is 15.8. The van der Waals surface area contributed by atoms with Crippen molar-refractivity contribution in [3.63, 3.8) is 0 Å². The highest BCUT2D eigenvalue weighted by molar-refractivity contribution is 7.99. The number of aromatic nitrogens is 4. The van der Waals surface area contributed by atoms with Crippen molar-refractivity contribution in [2.45, 2.75) is 11.6 Å². The van der Waals surface area contributed by atoms with Crippen LogP contribution in [-0.2, 0) is 4.79 Å². The summed E-state index contributed by atoms with van der Waals surface area (Å²) in [4.78, 5) is 22.4. The van der Waals surface area contributed by atoms with Crippen molar-refractivity contribution in [2.24, 2.45) is 0 Å². The van der Waals surface area contributed by atoms with Crippen LogP contribution in [0.25, 0.3) is 33.5 Å². The molecule has 0 spiro atoms. The fraction of sp³-hybridized carbons (Fsp3) is 0.0952. The molecule has 5 aromatic rings. The van der Waals surface area contributed by atoms with Crippen LogP contribution in [-0.4, -0.2) is 31.8 Å². The molecule has 0 aromatic carbocycles. The van der Waals surface area contributed by atoms with E-state index in [0.717, 1.165) is 10.6 Å². The number of carbonyl (C=O) groups is 1. The first kappa shape index (κ1) is 20.6. The molecule has 0 radical (unpaired) electrons. The molecule has 5 aromatic heterocycles. The van der Waals surface area contributed by atoms with Crippen LogP contribution in [0.1, 0.15) is 6.42 Å². The van der Waals surface area contributed by atoms with Crippen molar-refractivity contribution in [3.8, 4) is 33.5 Å². The highest BCUT2D eigenvalue weighted by Gasteiger charge is 2.18. The van der Waals surface area contributed by atoms with E-state index in [1.54, 1.807) is 48.1 Å². The number of amides is 1. The number of anilines is 1. The summed E-state index contributed by atoms with van der Waals surface area (Å²) in [5, 5.41) is 16.3. The van der Waals surface area contributed by atoms with E-state index in [9.17, 15) is 4.79 Å². The van der Waals surface area contributed by atoms with Gasteiger partial charge >= 0.3 is 0 Å². The summed E-state index contributed by atoms with van der Waals surface area (Å²) in [6, 6.07) is 11.1. The molecular weight excluding hydrogens is 466 g/mol. The summed E-state index contributed by atoms with van der Waals surface area (Å²) in [6.45, 7) is 0. The number of nitrogens with one attached hydrogen (secondary N) is 1. The second kappa shape index (κ2) is 9.47. The van der Waals surface area contributed by atoms with Gasteiger partial charge in [-0.2, -0.15) is 0 Å². The fourth-order valence-corrected chi connectivity index (χ4v) is 5.03. The predicted octanol–water partition coefficient (Wildman–Crippen LogP) is 5.70. The van der Waals surface area contributed by atoms with Gasteiger partial charge in [0.05, 0.1) is 23.1 Å². The molecule has 0 saturated heterocycles. The highest BCUT2D eigenvalue weighted by atomic mass is 32.2. The Bertz CT molecular complexity index is 1300. The highest BCUT2D eigenvalue weighted by Crippen LogP contribution is 2.31. The number of furan rings is 2. The van der Waals surface area contributed by atoms with Gasteiger partial charge in [0, 0.05) is 17.6 Å². The summed E-state index contributed by atoms with van der Waals surface area (Å²) >= 11 is 4.37. The topological polar surface area (TPSA) is 107 Å². The lowest BCUT2D eigenvalue weighted by molar-refractivity contribution is -0.115. The Morgan fingerprint density at radius 2 is 1.78 bits per heavy atom. The molecule has 0 aliphatic heterocycles. The van der Waals surface area contributed by atoms with Crippen LogP contribution in [0.5, 0.6) is 0 Å². The third-order valence-corrected chi connectivity index (χ3v) is 6.75. The van der Waals surface area contributed by atoms with Gasteiger partial charge in [0.15, 0.2) is 22.3 Å². The molecule has 0 fully saturated rings. The molecule has 0 aliphatic rings. The molecule has 5 heterocycles. The maximum Gasteiger partial charge on any atom is 0.226 e. The van der Waals surface area contributed by atoms with Gasteiger partial charge in [0.2, 0.25) is 11.1 Å². The molecule has 8 nitrogen and oxygen atoms in total. The SMILES string of the molecule is O=C(CCSc1nnc(-c2ccco2)c(-c2ccco2)n1)Nc1nc(-c2cccs2)cs1. The normalized spacial score (nSPS) is 11.0. The van der Waals surface area contributed by atoms with Crippen molar-refractivity contribution in [2.75, 3.05) is 11.1 Å². The summed E-state index contributed by atoms with van der Waals surface area (Å²) < 4.78 is 10.9. The molecule has 1 N–H and O–H groups in total. The van der Waals surface area contributed by atoms with Crippen LogP contribution >= 0.6 is 34.4 Å². The Kier molecular flexibility index (Phi) is 6.10. The van der Waals surface area contributed by atoms with Gasteiger partial charge in [-0.25, -0.2) is 9.97 Å². The third-order valence-electron chi connectivity index (χ3n) is 4.26. The Labute approximate surface area is 194 Å². The minimum absolute atomic E-state index is 0.115. The van der Waals surface area contributed by atoms with Crippen molar-refractivity contribution < 1.29 is 13.6 Å². The number of nitrogens with zero attached hydrogens (tertiary/aromatic N) is 4. The first-order valence-corrected chi connectivity index (χ1v) is 12.3. The molecular formula is C21H15N5O3S3. The molecule has 11 heteroatoms. The molecule has 1 amide bonds. The largest absolute Gasteiger partial charge is 0.463 e. The summed E-state index contributed by atoms with van der Waals surface area (Å²) in [5.41, 5.74) is 1.91. The van der Waals surface area contributed by atoms with Crippen LogP contribution in [0.15, 0.2) is 73.7 Å². The molecule has 0 aliphatic carbocycles. The minimum atomic E-state index is -0.115. The van der Waals surface area contributed by atoms with E-state index in [-0.39, 0.29) is 12.3 Å². The van der Waals surface area contributed by atoms with E-state index < -0.39 is 0 Å². The van der Waals surface area contributed by atoms with Crippen LogP contribution in [0.3, 0.4) is 0 Å². The molecule has 0 saturated carbocycles. The molecule has 5 rings (SSSR count). The Balaban J connectivity index is 1.21. The van der Waals surface area contributed by atoms with E-state index >= 15 is 0 Å². The molecule has 0 atom stereocenters. The number of thiazole rings is 1. The van der Waals surface area contributed by atoms with E-state index in [0.29, 0.717) is 38.9 Å². The number of carbonyl (C=O) groups excluding carboxylic acids is 1. The van der Waals surface area contributed by atoms with Gasteiger partial charge in [-0.15, -0.1) is 32.9 Å². The second-order valence-electron chi connectivity index (χ2n) is 6.41. The second-order valence-corrected chi connectivity index (χ2v) is 9.28. The summed E-state index contributed by atoms with van der Waals surface area (Å²) in [6.07, 6.45) is 3.43. The molecule has 0 unspecified atom stereocenters. The summed E-state index contributed by atoms with van der Waals surface area (Å²) in [5.74, 6) is 1.50. The number of hydrogen-bond donors (Lipinski definition) is 1. The van der Waals surface area contributed by atoms with E-state index in [4.69, 9.17) is 8.83 Å².